The Morgan fingerprint density at radius 1 is 1.21 bits per heavy atom. The van der Waals surface area contributed by atoms with Crippen molar-refractivity contribution < 1.29 is 4.79 Å². The van der Waals surface area contributed by atoms with Gasteiger partial charge in [-0.05, 0) is 43.2 Å². The van der Waals surface area contributed by atoms with Crippen molar-refractivity contribution >= 4 is 27.7 Å². The van der Waals surface area contributed by atoms with E-state index >= 15 is 0 Å². The van der Waals surface area contributed by atoms with Gasteiger partial charge < -0.3 is 9.47 Å². The summed E-state index contributed by atoms with van der Waals surface area (Å²) in [6.45, 7) is 5.19. The standard InChI is InChI=1S/C29H26N8O/c1-4-25(38)37-15-29(16-37)10-20(11-29)28-33-26(18-5-6-24-19(9-18)13-32-36(24)3)27(35(28)2)21-7-17(12-30)8-23-22(21)14-31-34-23/h4-9,13-14,20H,1,10-11,15-16H2,2-3H3,(H,31,34). The summed E-state index contributed by atoms with van der Waals surface area (Å²) in [5.41, 5.74) is 6.39. The molecule has 2 fully saturated rings. The molecule has 1 aliphatic carbocycles. The van der Waals surface area contributed by atoms with E-state index in [9.17, 15) is 10.1 Å². The Labute approximate surface area is 219 Å². The molecule has 1 aliphatic heterocycles. The molecule has 3 aromatic heterocycles. The van der Waals surface area contributed by atoms with E-state index in [1.165, 1.54) is 6.08 Å². The number of carbonyl (C=O) groups excluding carboxylic acids is 1. The van der Waals surface area contributed by atoms with Gasteiger partial charge in [0.25, 0.3) is 0 Å². The molecule has 38 heavy (non-hydrogen) atoms. The van der Waals surface area contributed by atoms with Gasteiger partial charge in [0.15, 0.2) is 0 Å². The van der Waals surface area contributed by atoms with Crippen LogP contribution in [0.3, 0.4) is 0 Å². The lowest BCUT2D eigenvalue weighted by molar-refractivity contribution is -0.146. The Morgan fingerprint density at radius 3 is 2.79 bits per heavy atom. The first-order chi connectivity index (χ1) is 18.4. The van der Waals surface area contributed by atoms with Gasteiger partial charge in [-0.3, -0.25) is 14.6 Å². The summed E-state index contributed by atoms with van der Waals surface area (Å²) >= 11 is 0. The molecule has 0 radical (unpaired) electrons. The first-order valence-electron chi connectivity index (χ1n) is 12.7. The van der Waals surface area contributed by atoms with E-state index < -0.39 is 0 Å². The molecule has 0 bridgehead atoms. The predicted octanol–water partition coefficient (Wildman–Crippen LogP) is 4.28. The second-order valence-corrected chi connectivity index (χ2v) is 10.7. The summed E-state index contributed by atoms with van der Waals surface area (Å²) in [4.78, 5) is 19.1. The van der Waals surface area contributed by atoms with E-state index in [2.05, 4.69) is 57.8 Å². The van der Waals surface area contributed by atoms with Crippen molar-refractivity contribution in [2.75, 3.05) is 13.1 Å². The topological polar surface area (TPSA) is 108 Å². The highest BCUT2D eigenvalue weighted by Crippen LogP contribution is 2.56. The number of hydrogen-bond donors (Lipinski definition) is 1. The maximum absolute atomic E-state index is 12.0. The molecule has 2 aromatic carbocycles. The third kappa shape index (κ3) is 3.16. The zero-order chi connectivity index (χ0) is 26.2. The summed E-state index contributed by atoms with van der Waals surface area (Å²) in [5, 5.41) is 23.4. The number of fused-ring (bicyclic) bond motifs is 2. The van der Waals surface area contributed by atoms with Crippen LogP contribution in [0.25, 0.3) is 44.3 Å². The fraction of sp³-hybridized carbons (Fsp3) is 0.276. The molecule has 1 spiro atoms. The van der Waals surface area contributed by atoms with Crippen LogP contribution in [-0.2, 0) is 18.9 Å². The van der Waals surface area contributed by atoms with Crippen molar-refractivity contribution in [1.29, 1.82) is 5.26 Å². The fourth-order valence-electron chi connectivity index (χ4n) is 6.49. The van der Waals surface area contributed by atoms with E-state index in [0.717, 1.165) is 76.1 Å². The SMILES string of the molecule is C=CC(=O)N1CC2(CC(c3nc(-c4ccc5c(cnn5C)c4)c(-c4cc(C#N)cc5[nH]ncc45)n3C)C2)C1. The van der Waals surface area contributed by atoms with Gasteiger partial charge in [-0.25, -0.2) is 4.98 Å². The molecule has 9 nitrogen and oxygen atoms in total. The predicted molar refractivity (Wildman–Crippen MR) is 144 cm³/mol. The van der Waals surface area contributed by atoms with Crippen LogP contribution in [0.15, 0.2) is 55.4 Å². The molecule has 1 N–H and O–H groups in total. The van der Waals surface area contributed by atoms with Crippen molar-refractivity contribution in [2.24, 2.45) is 19.5 Å². The van der Waals surface area contributed by atoms with Crippen LogP contribution in [0.4, 0.5) is 0 Å². The number of benzene rings is 2. The van der Waals surface area contributed by atoms with Crippen LogP contribution in [0.2, 0.25) is 0 Å². The summed E-state index contributed by atoms with van der Waals surface area (Å²) < 4.78 is 4.05. The largest absolute Gasteiger partial charge is 0.338 e. The Balaban J connectivity index is 1.35. The van der Waals surface area contributed by atoms with Gasteiger partial charge in [0.1, 0.15) is 5.82 Å². The molecule has 4 heterocycles. The Bertz CT molecular complexity index is 1820. The molecule has 9 heteroatoms. The first-order valence-corrected chi connectivity index (χ1v) is 12.7. The Hall–Kier alpha value is -4.71. The number of nitrogens with one attached hydrogen (secondary N) is 1. The number of aryl methyl sites for hydroxylation is 1. The summed E-state index contributed by atoms with van der Waals surface area (Å²) in [5.74, 6) is 1.34. The van der Waals surface area contributed by atoms with E-state index in [1.807, 2.05) is 41.2 Å². The number of nitrogens with zero attached hydrogens (tertiary/aromatic N) is 7. The Morgan fingerprint density at radius 2 is 2.03 bits per heavy atom. The fourth-order valence-corrected chi connectivity index (χ4v) is 6.49. The average Bonchev–Trinajstić information content (AvgIpc) is 3.59. The molecule has 2 aliphatic rings. The number of imidazole rings is 1. The highest BCUT2D eigenvalue weighted by atomic mass is 16.2. The van der Waals surface area contributed by atoms with Gasteiger partial charge in [-0.1, -0.05) is 12.6 Å². The van der Waals surface area contributed by atoms with Crippen LogP contribution >= 0.6 is 0 Å². The molecule has 1 saturated heterocycles. The van der Waals surface area contributed by atoms with Crippen LogP contribution in [0, 0.1) is 16.7 Å². The van der Waals surface area contributed by atoms with Crippen molar-refractivity contribution in [2.45, 2.75) is 18.8 Å². The molecule has 0 unspecified atom stereocenters. The quantitative estimate of drug-likeness (QED) is 0.369. The smallest absolute Gasteiger partial charge is 0.245 e. The van der Waals surface area contributed by atoms with Crippen LogP contribution in [-0.4, -0.2) is 53.4 Å². The van der Waals surface area contributed by atoms with E-state index in [4.69, 9.17) is 4.98 Å². The summed E-state index contributed by atoms with van der Waals surface area (Å²) in [7, 11) is 4.00. The monoisotopic (exact) mass is 502 g/mol. The number of aromatic nitrogens is 6. The highest BCUT2D eigenvalue weighted by molar-refractivity contribution is 5.99. The van der Waals surface area contributed by atoms with Crippen molar-refractivity contribution in [3.8, 4) is 28.6 Å². The zero-order valence-electron chi connectivity index (χ0n) is 21.3. The van der Waals surface area contributed by atoms with E-state index in [1.54, 1.807) is 0 Å². The summed E-state index contributed by atoms with van der Waals surface area (Å²) in [6, 6.07) is 12.3. The normalized spacial score (nSPS) is 16.5. The third-order valence-electron chi connectivity index (χ3n) is 8.36. The number of nitriles is 1. The van der Waals surface area contributed by atoms with Crippen molar-refractivity contribution in [3.05, 3.63) is 66.8 Å². The maximum atomic E-state index is 12.0. The maximum Gasteiger partial charge on any atom is 0.245 e. The molecule has 1 amide bonds. The van der Waals surface area contributed by atoms with Gasteiger partial charge >= 0.3 is 0 Å². The molecule has 0 atom stereocenters. The van der Waals surface area contributed by atoms with Gasteiger partial charge in [0, 0.05) is 60.4 Å². The number of hydrogen-bond acceptors (Lipinski definition) is 5. The van der Waals surface area contributed by atoms with Gasteiger partial charge in [0.05, 0.1) is 46.4 Å². The second kappa shape index (κ2) is 7.89. The van der Waals surface area contributed by atoms with Crippen LogP contribution < -0.4 is 0 Å². The number of aromatic amines is 1. The number of likely N-dealkylation sites (tertiary alicyclic amines) is 1. The number of carbonyl (C=O) groups is 1. The van der Waals surface area contributed by atoms with E-state index in [0.29, 0.717) is 11.5 Å². The molecular weight excluding hydrogens is 476 g/mol. The number of rotatable bonds is 4. The lowest BCUT2D eigenvalue weighted by atomic mass is 9.57. The minimum Gasteiger partial charge on any atom is -0.338 e. The molecule has 1 saturated carbocycles. The lowest BCUT2D eigenvalue weighted by Gasteiger charge is -2.58. The Kier molecular flexibility index (Phi) is 4.67. The number of H-pyrrole nitrogens is 1. The average molecular weight is 503 g/mol. The van der Waals surface area contributed by atoms with E-state index in [-0.39, 0.29) is 11.3 Å². The summed E-state index contributed by atoms with van der Waals surface area (Å²) in [6.07, 6.45) is 7.07. The lowest BCUT2D eigenvalue weighted by Crippen LogP contribution is -2.63. The van der Waals surface area contributed by atoms with Crippen molar-refractivity contribution in [1.82, 2.24) is 34.4 Å². The first kappa shape index (κ1) is 22.5. The van der Waals surface area contributed by atoms with Crippen LogP contribution in [0.1, 0.15) is 30.1 Å². The molecular formula is C29H26N8O. The second-order valence-electron chi connectivity index (χ2n) is 10.7. The minimum atomic E-state index is 0.00735. The van der Waals surface area contributed by atoms with Crippen molar-refractivity contribution in [3.63, 3.8) is 0 Å². The molecule has 7 rings (SSSR count). The van der Waals surface area contributed by atoms with Gasteiger partial charge in [-0.2, -0.15) is 15.5 Å². The highest BCUT2D eigenvalue weighted by Gasteiger charge is 2.54. The zero-order valence-corrected chi connectivity index (χ0v) is 21.3. The van der Waals surface area contributed by atoms with Gasteiger partial charge in [-0.15, -0.1) is 0 Å². The molecule has 5 aromatic rings. The number of amides is 1. The van der Waals surface area contributed by atoms with Crippen LogP contribution in [0.5, 0.6) is 0 Å². The third-order valence-corrected chi connectivity index (χ3v) is 8.36. The van der Waals surface area contributed by atoms with Gasteiger partial charge in [0.2, 0.25) is 5.91 Å². The molecule has 188 valence electrons. The minimum absolute atomic E-state index is 0.00735.